The van der Waals surface area contributed by atoms with Gasteiger partial charge in [0.15, 0.2) is 5.82 Å². The van der Waals surface area contributed by atoms with Gasteiger partial charge in [0.05, 0.1) is 16.8 Å². The molecule has 1 atom stereocenters. The lowest BCUT2D eigenvalue weighted by Crippen LogP contribution is -2.40. The van der Waals surface area contributed by atoms with Crippen molar-refractivity contribution in [3.63, 3.8) is 0 Å². The Labute approximate surface area is 150 Å². The van der Waals surface area contributed by atoms with E-state index in [0.29, 0.717) is 5.92 Å². The standard InChI is InChI=1S/C18H19N5OS/c24-18(16-4-2-8-25-16)23-7-1-3-13(12-23)9-14-10-22-15(11-21-14)17-19-5-6-20-17/h2,4-6,8,10-11,13H,1,3,7,9,12H2,(H,19,20)/t13-/m0/s1. The zero-order chi connectivity index (χ0) is 17.1. The maximum atomic E-state index is 12.5. The first-order chi connectivity index (χ1) is 12.3. The Bertz CT molecular complexity index is 814. The van der Waals surface area contributed by atoms with Crippen molar-refractivity contribution in [3.8, 4) is 11.5 Å². The van der Waals surface area contributed by atoms with Crippen molar-refractivity contribution in [2.24, 2.45) is 5.92 Å². The number of carbonyl (C=O) groups is 1. The number of aromatic amines is 1. The van der Waals surface area contributed by atoms with Crippen molar-refractivity contribution in [3.05, 3.63) is 52.9 Å². The van der Waals surface area contributed by atoms with Crippen molar-refractivity contribution in [1.29, 1.82) is 0 Å². The number of thiophene rings is 1. The first-order valence-electron chi connectivity index (χ1n) is 8.43. The summed E-state index contributed by atoms with van der Waals surface area (Å²) in [6, 6.07) is 3.82. The van der Waals surface area contributed by atoms with Crippen LogP contribution in [-0.2, 0) is 6.42 Å². The largest absolute Gasteiger partial charge is 0.343 e. The van der Waals surface area contributed by atoms with E-state index < -0.39 is 0 Å². The third-order valence-corrected chi connectivity index (χ3v) is 5.34. The van der Waals surface area contributed by atoms with Crippen molar-refractivity contribution < 1.29 is 4.79 Å². The van der Waals surface area contributed by atoms with Crippen LogP contribution in [0, 0.1) is 5.92 Å². The van der Waals surface area contributed by atoms with Crippen LogP contribution >= 0.6 is 11.3 Å². The lowest BCUT2D eigenvalue weighted by Gasteiger charge is -2.32. The van der Waals surface area contributed by atoms with Crippen LogP contribution in [-0.4, -0.2) is 43.8 Å². The molecule has 3 aromatic rings. The minimum absolute atomic E-state index is 0.152. The second-order valence-electron chi connectivity index (χ2n) is 6.27. The van der Waals surface area contributed by atoms with E-state index >= 15 is 0 Å². The Hall–Kier alpha value is -2.54. The van der Waals surface area contributed by atoms with Gasteiger partial charge in [-0.1, -0.05) is 6.07 Å². The first kappa shape index (κ1) is 16.0. The highest BCUT2D eigenvalue weighted by atomic mass is 32.1. The summed E-state index contributed by atoms with van der Waals surface area (Å²) >= 11 is 1.51. The minimum atomic E-state index is 0.152. The number of piperidine rings is 1. The minimum Gasteiger partial charge on any atom is -0.343 e. The van der Waals surface area contributed by atoms with Crippen molar-refractivity contribution in [2.45, 2.75) is 19.3 Å². The monoisotopic (exact) mass is 353 g/mol. The van der Waals surface area contributed by atoms with Gasteiger partial charge < -0.3 is 9.88 Å². The van der Waals surface area contributed by atoms with Crippen LogP contribution in [0.5, 0.6) is 0 Å². The van der Waals surface area contributed by atoms with Crippen LogP contribution in [0.15, 0.2) is 42.3 Å². The predicted molar refractivity (Wildman–Crippen MR) is 96.3 cm³/mol. The van der Waals surface area contributed by atoms with Crippen molar-refractivity contribution in [2.75, 3.05) is 13.1 Å². The molecule has 0 aromatic carbocycles. The number of carbonyl (C=O) groups excluding carboxylic acids is 1. The van der Waals surface area contributed by atoms with Crippen LogP contribution in [0.1, 0.15) is 28.2 Å². The summed E-state index contributed by atoms with van der Waals surface area (Å²) in [5.74, 6) is 1.31. The molecule has 4 heterocycles. The third kappa shape index (κ3) is 3.61. The van der Waals surface area contributed by atoms with E-state index in [-0.39, 0.29) is 5.91 Å². The Balaban J connectivity index is 1.40. The van der Waals surface area contributed by atoms with Gasteiger partial charge in [0, 0.05) is 31.7 Å². The fourth-order valence-corrected chi connectivity index (χ4v) is 3.95. The molecule has 0 spiro atoms. The van der Waals surface area contributed by atoms with E-state index in [2.05, 4.69) is 19.9 Å². The van der Waals surface area contributed by atoms with Crippen LogP contribution in [0.4, 0.5) is 0 Å². The number of rotatable bonds is 4. The van der Waals surface area contributed by atoms with Gasteiger partial charge in [-0.3, -0.25) is 9.78 Å². The molecule has 3 aromatic heterocycles. The number of likely N-dealkylation sites (tertiary alicyclic amines) is 1. The van der Waals surface area contributed by atoms with Gasteiger partial charge in [-0.05, 0) is 36.6 Å². The number of hydrogen-bond acceptors (Lipinski definition) is 5. The molecule has 0 saturated carbocycles. The zero-order valence-electron chi connectivity index (χ0n) is 13.8. The highest BCUT2D eigenvalue weighted by Gasteiger charge is 2.25. The predicted octanol–water partition coefficient (Wildman–Crippen LogP) is 3.02. The second kappa shape index (κ2) is 7.14. The van der Waals surface area contributed by atoms with Gasteiger partial charge in [0.1, 0.15) is 5.69 Å². The number of H-pyrrole nitrogens is 1. The average Bonchev–Trinajstić information content (AvgIpc) is 3.36. The fraction of sp³-hybridized carbons (Fsp3) is 0.333. The third-order valence-electron chi connectivity index (χ3n) is 4.48. The molecular formula is C18H19N5OS. The molecule has 0 bridgehead atoms. The lowest BCUT2D eigenvalue weighted by molar-refractivity contribution is 0.0677. The first-order valence-corrected chi connectivity index (χ1v) is 9.31. The summed E-state index contributed by atoms with van der Waals surface area (Å²) in [5.41, 5.74) is 1.71. The van der Waals surface area contributed by atoms with Gasteiger partial charge in [-0.25, -0.2) is 9.97 Å². The van der Waals surface area contributed by atoms with Gasteiger partial charge in [-0.15, -0.1) is 11.3 Å². The summed E-state index contributed by atoms with van der Waals surface area (Å²) in [6.45, 7) is 1.63. The smallest absolute Gasteiger partial charge is 0.263 e. The quantitative estimate of drug-likeness (QED) is 0.782. The normalized spacial score (nSPS) is 17.6. The maximum absolute atomic E-state index is 12.5. The van der Waals surface area contributed by atoms with Gasteiger partial charge in [0.25, 0.3) is 5.91 Å². The molecule has 1 aliphatic heterocycles. The fourth-order valence-electron chi connectivity index (χ4n) is 3.26. The molecule has 1 saturated heterocycles. The average molecular weight is 353 g/mol. The Morgan fingerprint density at radius 2 is 2.28 bits per heavy atom. The van der Waals surface area contributed by atoms with Crippen LogP contribution < -0.4 is 0 Å². The van der Waals surface area contributed by atoms with E-state index in [1.807, 2.05) is 28.6 Å². The molecule has 128 valence electrons. The Kier molecular flexibility index (Phi) is 4.56. The molecule has 0 unspecified atom stereocenters. The molecule has 0 radical (unpaired) electrons. The summed E-state index contributed by atoms with van der Waals surface area (Å²) in [6.07, 6.45) is 10.1. The zero-order valence-corrected chi connectivity index (χ0v) is 14.6. The van der Waals surface area contributed by atoms with Crippen LogP contribution in [0.3, 0.4) is 0 Å². The number of nitrogens with zero attached hydrogens (tertiary/aromatic N) is 4. The molecule has 1 aliphatic rings. The van der Waals surface area contributed by atoms with Crippen LogP contribution in [0.2, 0.25) is 0 Å². The van der Waals surface area contributed by atoms with E-state index in [0.717, 1.165) is 54.4 Å². The molecule has 1 fully saturated rings. The summed E-state index contributed by atoms with van der Waals surface area (Å²) in [7, 11) is 0. The molecule has 6 nitrogen and oxygen atoms in total. The van der Waals surface area contributed by atoms with E-state index in [1.54, 1.807) is 18.6 Å². The molecule has 25 heavy (non-hydrogen) atoms. The van der Waals surface area contributed by atoms with E-state index in [4.69, 9.17) is 0 Å². The topological polar surface area (TPSA) is 74.8 Å². The molecule has 7 heteroatoms. The molecule has 1 amide bonds. The summed E-state index contributed by atoms with van der Waals surface area (Å²) in [5, 5.41) is 1.95. The van der Waals surface area contributed by atoms with Crippen molar-refractivity contribution in [1.82, 2.24) is 24.8 Å². The highest BCUT2D eigenvalue weighted by molar-refractivity contribution is 7.12. The van der Waals surface area contributed by atoms with Gasteiger partial charge >= 0.3 is 0 Å². The van der Waals surface area contributed by atoms with Gasteiger partial charge in [-0.2, -0.15) is 0 Å². The number of aromatic nitrogens is 4. The van der Waals surface area contributed by atoms with Crippen LogP contribution in [0.25, 0.3) is 11.5 Å². The molecule has 1 N–H and O–H groups in total. The number of amides is 1. The highest BCUT2D eigenvalue weighted by Crippen LogP contribution is 2.23. The number of hydrogen-bond donors (Lipinski definition) is 1. The SMILES string of the molecule is O=C(c1cccs1)N1CCC[C@@H](Cc2cnc(-c3ncc[nH]3)cn2)C1. The Morgan fingerprint density at radius 3 is 3.00 bits per heavy atom. The lowest BCUT2D eigenvalue weighted by atomic mass is 9.93. The molecule has 4 rings (SSSR count). The Morgan fingerprint density at radius 1 is 1.32 bits per heavy atom. The summed E-state index contributed by atoms with van der Waals surface area (Å²) in [4.78, 5) is 31.5. The maximum Gasteiger partial charge on any atom is 0.263 e. The summed E-state index contributed by atoms with van der Waals surface area (Å²) < 4.78 is 0. The number of nitrogens with one attached hydrogen (secondary N) is 1. The van der Waals surface area contributed by atoms with E-state index in [9.17, 15) is 4.79 Å². The second-order valence-corrected chi connectivity index (χ2v) is 7.22. The van der Waals surface area contributed by atoms with Crippen molar-refractivity contribution >= 4 is 17.2 Å². The van der Waals surface area contributed by atoms with E-state index in [1.165, 1.54) is 11.3 Å². The van der Waals surface area contributed by atoms with Gasteiger partial charge in [0.2, 0.25) is 0 Å². The number of imidazole rings is 1. The molecular weight excluding hydrogens is 334 g/mol. The molecule has 0 aliphatic carbocycles.